The van der Waals surface area contributed by atoms with Gasteiger partial charge in [-0.25, -0.2) is 19.0 Å². The summed E-state index contributed by atoms with van der Waals surface area (Å²) in [7, 11) is 1.79. The van der Waals surface area contributed by atoms with E-state index < -0.39 is 6.61 Å². The van der Waals surface area contributed by atoms with Crippen molar-refractivity contribution in [2.75, 3.05) is 17.7 Å². The van der Waals surface area contributed by atoms with Crippen LogP contribution in [-0.2, 0) is 5.41 Å². The molecule has 0 aliphatic heterocycles. The van der Waals surface area contributed by atoms with E-state index in [1.54, 1.807) is 38.2 Å². The van der Waals surface area contributed by atoms with Crippen molar-refractivity contribution in [2.24, 2.45) is 0 Å². The number of aryl methyl sites for hydroxylation is 1. The number of ether oxygens (including phenoxy) is 1. The minimum absolute atomic E-state index is 0.0584. The van der Waals surface area contributed by atoms with Crippen LogP contribution < -0.4 is 15.4 Å². The number of anilines is 3. The second-order valence-corrected chi connectivity index (χ2v) is 9.52. The zero-order valence-electron chi connectivity index (χ0n) is 20.8. The van der Waals surface area contributed by atoms with Gasteiger partial charge in [0.15, 0.2) is 5.75 Å². The molecule has 5 rings (SSSR count). The highest BCUT2D eigenvalue weighted by Gasteiger charge is 2.41. The number of alkyl halides is 2. The molecule has 1 aliphatic carbocycles. The SMILES string of the molecule is CNc1nc(Nc2ccc(-n3cnc(C)n3)c(OC(F)F)c2)nc2c1C(C)(C)C[C@@H]2c1ccc(F)cc1. The van der Waals surface area contributed by atoms with Gasteiger partial charge in [0.2, 0.25) is 5.95 Å². The average molecular weight is 510 g/mol. The summed E-state index contributed by atoms with van der Waals surface area (Å²) in [5.74, 6) is 1.02. The minimum Gasteiger partial charge on any atom is -0.432 e. The van der Waals surface area contributed by atoms with Crippen LogP contribution >= 0.6 is 0 Å². The lowest BCUT2D eigenvalue weighted by molar-refractivity contribution is -0.0498. The molecule has 0 fully saturated rings. The molecule has 1 aliphatic rings. The molecule has 2 aromatic heterocycles. The van der Waals surface area contributed by atoms with Crippen LogP contribution in [0, 0.1) is 12.7 Å². The summed E-state index contributed by atoms with van der Waals surface area (Å²) < 4.78 is 46.1. The Morgan fingerprint density at radius 2 is 1.86 bits per heavy atom. The summed E-state index contributed by atoms with van der Waals surface area (Å²) in [5.41, 5.74) is 3.33. The first kappa shape index (κ1) is 24.5. The lowest BCUT2D eigenvalue weighted by Gasteiger charge is -2.21. The molecular formula is C26H26F3N7O. The highest BCUT2D eigenvalue weighted by atomic mass is 19.3. The number of hydrogen-bond acceptors (Lipinski definition) is 7. The van der Waals surface area contributed by atoms with Crippen LogP contribution in [0.2, 0.25) is 0 Å². The van der Waals surface area contributed by atoms with E-state index in [4.69, 9.17) is 9.72 Å². The van der Waals surface area contributed by atoms with Gasteiger partial charge in [-0.3, -0.25) is 0 Å². The maximum absolute atomic E-state index is 13.6. The van der Waals surface area contributed by atoms with Crippen LogP contribution in [0.15, 0.2) is 48.8 Å². The Balaban J connectivity index is 1.54. The maximum Gasteiger partial charge on any atom is 0.387 e. The van der Waals surface area contributed by atoms with E-state index in [1.807, 2.05) is 0 Å². The highest BCUT2D eigenvalue weighted by molar-refractivity contribution is 5.65. The lowest BCUT2D eigenvalue weighted by atomic mass is 9.85. The monoisotopic (exact) mass is 509 g/mol. The van der Waals surface area contributed by atoms with Crippen molar-refractivity contribution >= 4 is 17.5 Å². The van der Waals surface area contributed by atoms with Crippen LogP contribution in [0.1, 0.15) is 48.8 Å². The van der Waals surface area contributed by atoms with Crippen LogP contribution in [-0.4, -0.2) is 38.4 Å². The van der Waals surface area contributed by atoms with Gasteiger partial charge >= 0.3 is 6.61 Å². The molecule has 2 N–H and O–H groups in total. The van der Waals surface area contributed by atoms with Gasteiger partial charge in [0.1, 0.15) is 29.5 Å². The molecule has 0 saturated carbocycles. The van der Waals surface area contributed by atoms with E-state index in [0.29, 0.717) is 29.0 Å². The number of nitrogens with one attached hydrogen (secondary N) is 2. The Morgan fingerprint density at radius 3 is 2.51 bits per heavy atom. The summed E-state index contributed by atoms with van der Waals surface area (Å²) in [4.78, 5) is 13.5. The van der Waals surface area contributed by atoms with E-state index in [-0.39, 0.29) is 22.9 Å². The molecule has 1 atom stereocenters. The fourth-order valence-corrected chi connectivity index (χ4v) is 4.88. The van der Waals surface area contributed by atoms with Gasteiger partial charge in [-0.05, 0) is 48.6 Å². The summed E-state index contributed by atoms with van der Waals surface area (Å²) in [6.45, 7) is 2.94. The molecule has 11 heteroatoms. The molecule has 2 aromatic carbocycles. The average Bonchev–Trinajstić information content (AvgIpc) is 3.39. The number of halogens is 3. The molecule has 8 nitrogen and oxygen atoms in total. The Labute approximate surface area is 211 Å². The smallest absolute Gasteiger partial charge is 0.387 e. The van der Waals surface area contributed by atoms with E-state index >= 15 is 0 Å². The van der Waals surface area contributed by atoms with E-state index in [0.717, 1.165) is 23.2 Å². The van der Waals surface area contributed by atoms with Crippen LogP contribution in [0.5, 0.6) is 5.75 Å². The first-order chi connectivity index (χ1) is 17.6. The van der Waals surface area contributed by atoms with Crippen molar-refractivity contribution in [3.05, 3.63) is 77.3 Å². The largest absolute Gasteiger partial charge is 0.432 e. The molecule has 4 aromatic rings. The molecule has 0 amide bonds. The normalized spacial score (nSPS) is 16.1. The molecule has 0 unspecified atom stereocenters. The highest BCUT2D eigenvalue weighted by Crippen LogP contribution is 2.50. The Bertz CT molecular complexity index is 1440. The molecule has 192 valence electrons. The Hall–Kier alpha value is -4.15. The predicted octanol–water partition coefficient (Wildman–Crippen LogP) is 5.70. The molecule has 0 saturated heterocycles. The van der Waals surface area contributed by atoms with Crippen LogP contribution in [0.4, 0.5) is 30.6 Å². The number of fused-ring (bicyclic) bond motifs is 1. The van der Waals surface area contributed by atoms with E-state index in [1.165, 1.54) is 29.2 Å². The van der Waals surface area contributed by atoms with Gasteiger partial charge in [-0.2, -0.15) is 18.9 Å². The van der Waals surface area contributed by atoms with Gasteiger partial charge in [-0.1, -0.05) is 26.0 Å². The zero-order valence-corrected chi connectivity index (χ0v) is 20.8. The van der Waals surface area contributed by atoms with Crippen molar-refractivity contribution in [3.8, 4) is 11.4 Å². The third-order valence-corrected chi connectivity index (χ3v) is 6.45. The number of aromatic nitrogens is 5. The fourth-order valence-electron chi connectivity index (χ4n) is 4.88. The molecule has 2 heterocycles. The van der Waals surface area contributed by atoms with Crippen molar-refractivity contribution in [2.45, 2.75) is 45.1 Å². The minimum atomic E-state index is -3.02. The summed E-state index contributed by atoms with van der Waals surface area (Å²) in [5, 5.41) is 10.5. The first-order valence-corrected chi connectivity index (χ1v) is 11.7. The number of rotatable bonds is 7. The van der Waals surface area contributed by atoms with Crippen molar-refractivity contribution in [3.63, 3.8) is 0 Å². The number of benzene rings is 2. The van der Waals surface area contributed by atoms with E-state index in [9.17, 15) is 13.2 Å². The predicted molar refractivity (Wildman–Crippen MR) is 133 cm³/mol. The third kappa shape index (κ3) is 4.81. The molecular weight excluding hydrogens is 483 g/mol. The van der Waals surface area contributed by atoms with Gasteiger partial charge < -0.3 is 15.4 Å². The summed E-state index contributed by atoms with van der Waals surface area (Å²) in [6, 6.07) is 11.2. The molecule has 37 heavy (non-hydrogen) atoms. The van der Waals surface area contributed by atoms with Gasteiger partial charge in [-0.15, -0.1) is 0 Å². The standard InChI is InChI=1S/C26H26F3N7O/c1-14-31-13-36(35-14)19-10-9-17(11-20(19)37-24(28)29)32-25-33-22-18(15-5-7-16(27)8-6-15)12-26(2,3)21(22)23(30-4)34-25/h5-11,13,18,24H,12H2,1-4H3,(H2,30,32,33,34)/t18-/m1/s1. The second-order valence-electron chi connectivity index (χ2n) is 9.52. The van der Waals surface area contributed by atoms with Crippen molar-refractivity contribution in [1.29, 1.82) is 0 Å². The lowest BCUT2D eigenvalue weighted by Crippen LogP contribution is -2.16. The molecule has 0 radical (unpaired) electrons. The third-order valence-electron chi connectivity index (χ3n) is 6.45. The Kier molecular flexibility index (Phi) is 6.22. The van der Waals surface area contributed by atoms with Gasteiger partial charge in [0, 0.05) is 30.3 Å². The molecule has 0 spiro atoms. The van der Waals surface area contributed by atoms with Crippen LogP contribution in [0.3, 0.4) is 0 Å². The second kappa shape index (κ2) is 9.38. The number of hydrogen-bond donors (Lipinski definition) is 2. The van der Waals surface area contributed by atoms with Crippen molar-refractivity contribution in [1.82, 2.24) is 24.7 Å². The quantitative estimate of drug-likeness (QED) is 0.330. The van der Waals surface area contributed by atoms with Crippen molar-refractivity contribution < 1.29 is 17.9 Å². The summed E-state index contributed by atoms with van der Waals surface area (Å²) >= 11 is 0. The zero-order chi connectivity index (χ0) is 26.3. The first-order valence-electron chi connectivity index (χ1n) is 11.7. The number of nitrogens with zero attached hydrogens (tertiary/aromatic N) is 5. The Morgan fingerprint density at radius 1 is 1.11 bits per heavy atom. The van der Waals surface area contributed by atoms with Gasteiger partial charge in [0.25, 0.3) is 0 Å². The maximum atomic E-state index is 13.6. The molecule has 0 bridgehead atoms. The summed E-state index contributed by atoms with van der Waals surface area (Å²) in [6.07, 6.45) is 2.20. The van der Waals surface area contributed by atoms with Crippen LogP contribution in [0.25, 0.3) is 5.69 Å². The topological polar surface area (TPSA) is 89.8 Å². The van der Waals surface area contributed by atoms with Gasteiger partial charge in [0.05, 0.1) is 5.69 Å². The van der Waals surface area contributed by atoms with E-state index in [2.05, 4.69) is 39.5 Å². The fraction of sp³-hybridized carbons (Fsp3) is 0.308.